The zero-order chi connectivity index (χ0) is 26.4. The van der Waals surface area contributed by atoms with Gasteiger partial charge in [-0.2, -0.15) is 0 Å². The largest absolute Gasteiger partial charge is 0.505 e. The molecule has 0 atom stereocenters. The van der Waals surface area contributed by atoms with Crippen molar-refractivity contribution in [1.82, 2.24) is 5.32 Å². The van der Waals surface area contributed by atoms with Crippen molar-refractivity contribution >= 4 is 39.6 Å². The molecule has 188 valence electrons. The van der Waals surface area contributed by atoms with Gasteiger partial charge in [-0.1, -0.05) is 42.5 Å². The molecule has 0 radical (unpaired) electrons. The van der Waals surface area contributed by atoms with Crippen molar-refractivity contribution in [1.29, 1.82) is 0 Å². The third-order valence-electron chi connectivity index (χ3n) is 5.75. The van der Waals surface area contributed by atoms with E-state index in [0.29, 0.717) is 46.6 Å². The van der Waals surface area contributed by atoms with Gasteiger partial charge in [-0.05, 0) is 62.1 Å². The van der Waals surface area contributed by atoms with Crippen molar-refractivity contribution in [3.05, 3.63) is 89.5 Å². The summed E-state index contributed by atoms with van der Waals surface area (Å²) < 4.78 is 5.67. The van der Waals surface area contributed by atoms with Crippen LogP contribution in [0.4, 0.5) is 17.1 Å². The number of aryl methyl sites for hydroxylation is 1. The fourth-order valence-electron chi connectivity index (χ4n) is 3.88. The first kappa shape index (κ1) is 25.4. The van der Waals surface area contributed by atoms with Gasteiger partial charge in [0.2, 0.25) is 0 Å². The molecule has 8 nitrogen and oxygen atoms in total. The number of nitrogens with one attached hydrogen (secondary N) is 2. The number of benzene rings is 4. The van der Waals surface area contributed by atoms with Crippen LogP contribution in [-0.2, 0) is 0 Å². The van der Waals surface area contributed by atoms with E-state index >= 15 is 0 Å². The topological polar surface area (TPSA) is 112 Å². The fraction of sp³-hybridized carbons (Fsp3) is 0.172. The van der Waals surface area contributed by atoms with Gasteiger partial charge in [0.15, 0.2) is 5.75 Å². The second kappa shape index (κ2) is 11.3. The molecule has 0 aliphatic rings. The maximum atomic E-state index is 13.2. The van der Waals surface area contributed by atoms with E-state index in [0.717, 1.165) is 5.56 Å². The third-order valence-corrected chi connectivity index (χ3v) is 5.75. The molecule has 4 rings (SSSR count). The van der Waals surface area contributed by atoms with Crippen LogP contribution >= 0.6 is 0 Å². The number of hydrogen-bond donors (Lipinski definition) is 3. The Morgan fingerprint density at radius 3 is 2.43 bits per heavy atom. The number of anilines is 1. The molecule has 0 bridgehead atoms. The van der Waals surface area contributed by atoms with Gasteiger partial charge in [-0.25, -0.2) is 0 Å². The molecule has 4 aromatic rings. The van der Waals surface area contributed by atoms with Gasteiger partial charge < -0.3 is 20.5 Å². The number of fused-ring (bicyclic) bond motifs is 1. The maximum Gasteiger partial charge on any atom is 0.259 e. The van der Waals surface area contributed by atoms with E-state index in [2.05, 4.69) is 20.9 Å². The molecular formula is C29H28N4O4. The van der Waals surface area contributed by atoms with E-state index in [-0.39, 0.29) is 22.9 Å². The second-order valence-corrected chi connectivity index (χ2v) is 8.29. The third kappa shape index (κ3) is 5.59. The van der Waals surface area contributed by atoms with Crippen LogP contribution in [-0.4, -0.2) is 30.1 Å². The summed E-state index contributed by atoms with van der Waals surface area (Å²) in [5.74, 6) is -0.574. The Morgan fingerprint density at radius 2 is 1.68 bits per heavy atom. The molecule has 4 aromatic carbocycles. The zero-order valence-electron chi connectivity index (χ0n) is 20.9. The number of amides is 2. The van der Waals surface area contributed by atoms with Crippen LogP contribution in [0.15, 0.2) is 83.0 Å². The van der Waals surface area contributed by atoms with Crippen LogP contribution in [0.25, 0.3) is 10.8 Å². The van der Waals surface area contributed by atoms with Crippen molar-refractivity contribution in [2.24, 2.45) is 10.2 Å². The summed E-state index contributed by atoms with van der Waals surface area (Å²) in [4.78, 5) is 25.5. The zero-order valence-corrected chi connectivity index (χ0v) is 20.9. The van der Waals surface area contributed by atoms with Crippen LogP contribution in [0.2, 0.25) is 0 Å². The summed E-state index contributed by atoms with van der Waals surface area (Å²) in [6, 6.07) is 21.2. The summed E-state index contributed by atoms with van der Waals surface area (Å²) in [6.45, 7) is 6.45. The van der Waals surface area contributed by atoms with Crippen LogP contribution in [0.5, 0.6) is 11.5 Å². The van der Waals surface area contributed by atoms with E-state index in [4.69, 9.17) is 4.74 Å². The number of rotatable bonds is 8. The minimum absolute atomic E-state index is 0.0667. The number of para-hydroxylation sites is 1. The maximum absolute atomic E-state index is 13.2. The number of aromatic hydroxyl groups is 1. The molecule has 0 heterocycles. The van der Waals surface area contributed by atoms with Gasteiger partial charge in [-0.3, -0.25) is 9.59 Å². The molecule has 0 saturated carbocycles. The lowest BCUT2D eigenvalue weighted by atomic mass is 10.0. The molecule has 0 spiro atoms. The first-order valence-corrected chi connectivity index (χ1v) is 12.0. The number of carbonyl (C=O) groups is 2. The number of carbonyl (C=O) groups excluding carboxylic acids is 2. The summed E-state index contributed by atoms with van der Waals surface area (Å²) in [5, 5.41) is 26.8. The highest BCUT2D eigenvalue weighted by molar-refractivity contribution is 6.12. The van der Waals surface area contributed by atoms with E-state index in [1.165, 1.54) is 0 Å². The van der Waals surface area contributed by atoms with E-state index in [9.17, 15) is 14.7 Å². The minimum Gasteiger partial charge on any atom is -0.505 e. The standard InChI is InChI=1S/C29H28N4O4/c1-4-30-28(35)20-14-15-25(37-5-2)24(17-20)32-33-26-21-12-8-7-11-19(21)16-22(27(26)34)29(36)31-23-13-9-6-10-18(23)3/h6-17,34H,4-5H2,1-3H3,(H,30,35)(H,31,36). The van der Waals surface area contributed by atoms with Gasteiger partial charge in [0.25, 0.3) is 11.8 Å². The Balaban J connectivity index is 1.79. The molecule has 3 N–H and O–H groups in total. The molecule has 0 unspecified atom stereocenters. The summed E-state index contributed by atoms with van der Waals surface area (Å²) in [7, 11) is 0. The van der Waals surface area contributed by atoms with Crippen molar-refractivity contribution < 1.29 is 19.4 Å². The van der Waals surface area contributed by atoms with E-state index in [1.807, 2.05) is 57.2 Å². The van der Waals surface area contributed by atoms with Crippen LogP contribution in [0.3, 0.4) is 0 Å². The summed E-state index contributed by atoms with van der Waals surface area (Å²) >= 11 is 0. The molecule has 8 heteroatoms. The lowest BCUT2D eigenvalue weighted by Crippen LogP contribution is -2.22. The number of nitrogens with zero attached hydrogens (tertiary/aromatic N) is 2. The first-order chi connectivity index (χ1) is 17.9. The highest BCUT2D eigenvalue weighted by Gasteiger charge is 2.19. The summed E-state index contributed by atoms with van der Waals surface area (Å²) in [5.41, 5.74) is 2.47. The number of hydrogen-bond acceptors (Lipinski definition) is 6. The van der Waals surface area contributed by atoms with Crippen LogP contribution in [0, 0.1) is 6.92 Å². The van der Waals surface area contributed by atoms with Gasteiger partial charge in [0, 0.05) is 23.2 Å². The predicted molar refractivity (Wildman–Crippen MR) is 145 cm³/mol. The Labute approximate surface area is 215 Å². The molecular weight excluding hydrogens is 468 g/mol. The van der Waals surface area contributed by atoms with Crippen molar-refractivity contribution in [2.75, 3.05) is 18.5 Å². The lowest BCUT2D eigenvalue weighted by molar-refractivity contribution is 0.0954. The van der Waals surface area contributed by atoms with Gasteiger partial charge >= 0.3 is 0 Å². The summed E-state index contributed by atoms with van der Waals surface area (Å²) in [6.07, 6.45) is 0. The fourth-order valence-corrected chi connectivity index (χ4v) is 3.88. The quantitative estimate of drug-likeness (QED) is 0.236. The van der Waals surface area contributed by atoms with Crippen molar-refractivity contribution in [3.8, 4) is 11.5 Å². The SMILES string of the molecule is CCNC(=O)c1ccc(OCC)c(N=Nc2c(O)c(C(=O)Nc3ccccc3C)cc3ccccc23)c1. The Bertz CT molecular complexity index is 1500. The number of ether oxygens (including phenoxy) is 1. The number of phenols is 1. The van der Waals surface area contributed by atoms with Gasteiger partial charge in [0.05, 0.1) is 12.2 Å². The van der Waals surface area contributed by atoms with E-state index < -0.39 is 5.91 Å². The molecule has 37 heavy (non-hydrogen) atoms. The Hall–Kier alpha value is -4.72. The van der Waals surface area contributed by atoms with Crippen LogP contribution in [0.1, 0.15) is 40.1 Å². The van der Waals surface area contributed by atoms with Crippen molar-refractivity contribution in [2.45, 2.75) is 20.8 Å². The minimum atomic E-state index is -0.470. The molecule has 2 amide bonds. The smallest absolute Gasteiger partial charge is 0.259 e. The van der Waals surface area contributed by atoms with E-state index in [1.54, 1.807) is 36.4 Å². The molecule has 0 aliphatic carbocycles. The monoisotopic (exact) mass is 496 g/mol. The normalized spacial score (nSPS) is 11.0. The molecule has 0 fully saturated rings. The van der Waals surface area contributed by atoms with Crippen molar-refractivity contribution in [3.63, 3.8) is 0 Å². The predicted octanol–water partition coefficient (Wildman–Crippen LogP) is 6.67. The second-order valence-electron chi connectivity index (χ2n) is 8.29. The number of azo groups is 1. The highest BCUT2D eigenvalue weighted by atomic mass is 16.5. The van der Waals surface area contributed by atoms with Crippen LogP contribution < -0.4 is 15.4 Å². The number of phenolic OH excluding ortho intramolecular Hbond substituents is 1. The molecule has 0 saturated heterocycles. The average Bonchev–Trinajstić information content (AvgIpc) is 2.90. The van der Waals surface area contributed by atoms with Gasteiger partial charge in [0.1, 0.15) is 17.1 Å². The highest BCUT2D eigenvalue weighted by Crippen LogP contribution is 2.40. The lowest BCUT2D eigenvalue weighted by Gasteiger charge is -2.12. The Morgan fingerprint density at radius 1 is 0.919 bits per heavy atom. The average molecular weight is 497 g/mol. The first-order valence-electron chi connectivity index (χ1n) is 12.0. The molecule has 0 aromatic heterocycles. The Kier molecular flexibility index (Phi) is 7.78. The van der Waals surface area contributed by atoms with Gasteiger partial charge in [-0.15, -0.1) is 10.2 Å². The molecule has 0 aliphatic heterocycles.